The number of rotatable bonds is 5. The minimum absolute atomic E-state index is 0.0307. The molecule has 31 heavy (non-hydrogen) atoms. The van der Waals surface area contributed by atoms with E-state index in [1.54, 1.807) is 12.1 Å². The number of hydrogen-bond donors (Lipinski definition) is 1. The molecule has 0 unspecified atom stereocenters. The van der Waals surface area contributed by atoms with Gasteiger partial charge in [0, 0.05) is 30.8 Å². The second kappa shape index (κ2) is 9.29. The molecule has 1 aromatic heterocycles. The van der Waals surface area contributed by atoms with Crippen LogP contribution in [-0.4, -0.2) is 35.1 Å². The first-order valence-electron chi connectivity index (χ1n) is 9.94. The van der Waals surface area contributed by atoms with Crippen LogP contribution in [0.15, 0.2) is 59.6 Å². The molecular weight excluding hydrogens is 411 g/mol. The van der Waals surface area contributed by atoms with Crippen LogP contribution in [0.4, 0.5) is 10.1 Å². The van der Waals surface area contributed by atoms with Gasteiger partial charge in [-0.2, -0.15) is 5.26 Å². The van der Waals surface area contributed by atoms with Gasteiger partial charge >= 0.3 is 0 Å². The average molecular weight is 433 g/mol. The van der Waals surface area contributed by atoms with Crippen LogP contribution >= 0.6 is 11.8 Å². The summed E-state index contributed by atoms with van der Waals surface area (Å²) >= 11 is 1.21. The molecule has 1 N–H and O–H groups in total. The number of carbonyl (C=O) groups excluding carboxylic acids is 1. The van der Waals surface area contributed by atoms with E-state index in [0.717, 1.165) is 41.9 Å². The average Bonchev–Trinajstić information content (AvgIpc) is 2.79. The number of amides is 1. The highest BCUT2D eigenvalue weighted by Crippen LogP contribution is 2.37. The summed E-state index contributed by atoms with van der Waals surface area (Å²) in [5.74, 6) is -0.802. The summed E-state index contributed by atoms with van der Waals surface area (Å²) in [5.41, 5.74) is 4.50. The van der Waals surface area contributed by atoms with E-state index in [1.165, 1.54) is 23.9 Å². The number of likely N-dealkylation sites (N-methyl/N-ethyl adjacent to an activating group) is 1. The van der Waals surface area contributed by atoms with E-state index in [9.17, 15) is 14.4 Å². The monoisotopic (exact) mass is 432 g/mol. The lowest BCUT2D eigenvalue weighted by molar-refractivity contribution is -0.113. The van der Waals surface area contributed by atoms with Crippen molar-refractivity contribution in [3.63, 3.8) is 0 Å². The fraction of sp³-hybridized carbons (Fsp3) is 0.208. The third-order valence-corrected chi connectivity index (χ3v) is 6.15. The molecule has 0 bridgehead atoms. The summed E-state index contributed by atoms with van der Waals surface area (Å²) in [5, 5.41) is 13.1. The zero-order valence-electron chi connectivity index (χ0n) is 17.1. The second-order valence-electron chi connectivity index (χ2n) is 7.37. The van der Waals surface area contributed by atoms with Gasteiger partial charge in [0.05, 0.1) is 17.0 Å². The van der Waals surface area contributed by atoms with Crippen LogP contribution < -0.4 is 5.32 Å². The van der Waals surface area contributed by atoms with Crippen molar-refractivity contribution in [1.29, 1.82) is 5.26 Å². The fourth-order valence-corrected chi connectivity index (χ4v) is 4.49. The number of para-hydroxylation sites is 1. The van der Waals surface area contributed by atoms with E-state index < -0.39 is 5.82 Å². The topological polar surface area (TPSA) is 69.0 Å². The molecule has 1 amide bonds. The first-order valence-corrected chi connectivity index (χ1v) is 10.9. The number of thioether (sulfide) groups is 1. The Morgan fingerprint density at radius 1 is 1.23 bits per heavy atom. The molecule has 4 rings (SSSR count). The van der Waals surface area contributed by atoms with Crippen LogP contribution in [0.25, 0.3) is 11.1 Å². The molecule has 156 valence electrons. The summed E-state index contributed by atoms with van der Waals surface area (Å²) in [6, 6.07) is 18.2. The largest absolute Gasteiger partial charge is 0.323 e. The molecular formula is C24H21FN4OS. The highest BCUT2D eigenvalue weighted by molar-refractivity contribution is 8.00. The van der Waals surface area contributed by atoms with E-state index in [1.807, 2.05) is 30.3 Å². The van der Waals surface area contributed by atoms with Crippen LogP contribution in [-0.2, 0) is 17.8 Å². The summed E-state index contributed by atoms with van der Waals surface area (Å²) in [6.45, 7) is 1.61. The maximum atomic E-state index is 13.8. The van der Waals surface area contributed by atoms with E-state index >= 15 is 0 Å². The van der Waals surface area contributed by atoms with Gasteiger partial charge < -0.3 is 10.2 Å². The molecule has 0 spiro atoms. The Kier molecular flexibility index (Phi) is 6.31. The first kappa shape index (κ1) is 21.0. The van der Waals surface area contributed by atoms with Gasteiger partial charge in [-0.05, 0) is 30.3 Å². The number of nitriles is 1. The van der Waals surface area contributed by atoms with Gasteiger partial charge in [-0.25, -0.2) is 9.37 Å². The molecule has 1 aliphatic heterocycles. The Hall–Kier alpha value is -3.21. The molecule has 7 heteroatoms. The molecule has 0 radical (unpaired) electrons. The number of fused-ring (bicyclic) bond motifs is 1. The van der Waals surface area contributed by atoms with Crippen molar-refractivity contribution in [3.05, 3.63) is 77.2 Å². The van der Waals surface area contributed by atoms with Crippen molar-refractivity contribution in [3.8, 4) is 17.2 Å². The SMILES string of the molecule is CN1CCc2nc(SCC(=O)Nc3ccccc3F)c(C#N)c(-c3ccccc3)c2C1. The van der Waals surface area contributed by atoms with Crippen LogP contribution in [0.1, 0.15) is 16.8 Å². The van der Waals surface area contributed by atoms with Crippen molar-refractivity contribution in [2.24, 2.45) is 0 Å². The third-order valence-electron chi connectivity index (χ3n) is 5.17. The summed E-state index contributed by atoms with van der Waals surface area (Å²) in [4.78, 5) is 19.4. The van der Waals surface area contributed by atoms with E-state index in [0.29, 0.717) is 10.6 Å². The lowest BCUT2D eigenvalue weighted by atomic mass is 9.92. The van der Waals surface area contributed by atoms with Gasteiger partial charge in [-0.1, -0.05) is 54.2 Å². The first-order chi connectivity index (χ1) is 15.1. The molecule has 2 heterocycles. The summed E-state index contributed by atoms with van der Waals surface area (Å²) < 4.78 is 13.8. The molecule has 3 aromatic rings. The normalized spacial score (nSPS) is 13.3. The number of anilines is 1. The fourth-order valence-electron chi connectivity index (χ4n) is 3.69. The van der Waals surface area contributed by atoms with Crippen LogP contribution in [0, 0.1) is 17.1 Å². The van der Waals surface area contributed by atoms with Crippen LogP contribution in [0.5, 0.6) is 0 Å². The number of pyridine rings is 1. The highest BCUT2D eigenvalue weighted by atomic mass is 32.2. The standard InChI is InChI=1S/C24H21FN4OS/c1-29-12-11-20-18(14-29)23(16-7-3-2-4-8-16)17(13-26)24(28-20)31-15-22(30)27-21-10-6-5-9-19(21)25/h2-10H,11-12,14-15H2,1H3,(H,27,30). The molecule has 1 aliphatic rings. The third kappa shape index (κ3) is 4.61. The minimum atomic E-state index is -0.485. The van der Waals surface area contributed by atoms with E-state index in [-0.39, 0.29) is 17.3 Å². The highest BCUT2D eigenvalue weighted by Gasteiger charge is 2.25. The molecule has 0 saturated carbocycles. The number of carbonyl (C=O) groups is 1. The van der Waals surface area contributed by atoms with Crippen LogP contribution in [0.3, 0.4) is 0 Å². The van der Waals surface area contributed by atoms with Gasteiger partial charge in [-0.15, -0.1) is 0 Å². The maximum absolute atomic E-state index is 13.8. The van der Waals surface area contributed by atoms with Gasteiger partial charge in [0.25, 0.3) is 0 Å². The summed E-state index contributed by atoms with van der Waals surface area (Å²) in [6.07, 6.45) is 0.784. The lowest BCUT2D eigenvalue weighted by Gasteiger charge is -2.28. The number of nitrogens with zero attached hydrogens (tertiary/aromatic N) is 3. The number of nitrogens with one attached hydrogen (secondary N) is 1. The van der Waals surface area contributed by atoms with E-state index in [2.05, 4.69) is 23.3 Å². The maximum Gasteiger partial charge on any atom is 0.234 e. The van der Waals surface area contributed by atoms with E-state index in [4.69, 9.17) is 4.98 Å². The Morgan fingerprint density at radius 3 is 2.71 bits per heavy atom. The van der Waals surface area contributed by atoms with Crippen molar-refractivity contribution >= 4 is 23.4 Å². The Morgan fingerprint density at radius 2 is 1.97 bits per heavy atom. The van der Waals surface area contributed by atoms with Gasteiger partial charge in [0.15, 0.2) is 0 Å². The number of hydrogen-bond acceptors (Lipinski definition) is 5. The van der Waals surface area contributed by atoms with Crippen LogP contribution in [0.2, 0.25) is 0 Å². The van der Waals surface area contributed by atoms with Gasteiger partial charge in [0.1, 0.15) is 16.9 Å². The molecule has 0 aliphatic carbocycles. The smallest absolute Gasteiger partial charge is 0.234 e. The number of halogens is 1. The van der Waals surface area contributed by atoms with Gasteiger partial charge in [0.2, 0.25) is 5.91 Å². The minimum Gasteiger partial charge on any atom is -0.323 e. The molecule has 0 fully saturated rings. The zero-order chi connectivity index (χ0) is 21.8. The number of benzene rings is 2. The number of aromatic nitrogens is 1. The Labute approximate surface area is 184 Å². The quantitative estimate of drug-likeness (QED) is 0.602. The molecule has 0 saturated heterocycles. The van der Waals surface area contributed by atoms with Crippen molar-refractivity contribution in [2.45, 2.75) is 18.0 Å². The molecule has 0 atom stereocenters. The second-order valence-corrected chi connectivity index (χ2v) is 8.34. The Balaban J connectivity index is 1.66. The van der Waals surface area contributed by atoms with Crippen molar-refractivity contribution in [1.82, 2.24) is 9.88 Å². The van der Waals surface area contributed by atoms with Crippen molar-refractivity contribution in [2.75, 3.05) is 24.7 Å². The van der Waals surface area contributed by atoms with Crippen molar-refractivity contribution < 1.29 is 9.18 Å². The molecule has 2 aromatic carbocycles. The predicted molar refractivity (Wildman–Crippen MR) is 120 cm³/mol. The molecule has 5 nitrogen and oxygen atoms in total. The lowest BCUT2D eigenvalue weighted by Crippen LogP contribution is -2.28. The zero-order valence-corrected chi connectivity index (χ0v) is 17.9. The predicted octanol–water partition coefficient (Wildman–Crippen LogP) is 4.48. The Bertz CT molecular complexity index is 1160. The summed E-state index contributed by atoms with van der Waals surface area (Å²) in [7, 11) is 2.06. The van der Waals surface area contributed by atoms with Gasteiger partial charge in [-0.3, -0.25) is 4.79 Å².